The predicted octanol–water partition coefficient (Wildman–Crippen LogP) is 2.61. The van der Waals surface area contributed by atoms with Gasteiger partial charge >= 0.3 is 0 Å². The molecule has 0 aliphatic carbocycles. The van der Waals surface area contributed by atoms with Gasteiger partial charge in [0.25, 0.3) is 5.91 Å². The Morgan fingerprint density at radius 2 is 2.00 bits per heavy atom. The van der Waals surface area contributed by atoms with E-state index in [0.29, 0.717) is 18.0 Å². The van der Waals surface area contributed by atoms with E-state index in [1.165, 1.54) is 11.3 Å². The fraction of sp³-hybridized carbons (Fsp3) is 0.353. The number of nitrogens with zero attached hydrogens (tertiary/aromatic N) is 1. The summed E-state index contributed by atoms with van der Waals surface area (Å²) < 4.78 is 5.53. The number of ether oxygens (including phenoxy) is 1. The van der Waals surface area contributed by atoms with Crippen molar-refractivity contribution in [3.05, 3.63) is 46.2 Å². The van der Waals surface area contributed by atoms with Crippen LogP contribution in [0, 0.1) is 6.92 Å². The van der Waals surface area contributed by atoms with Crippen LogP contribution in [-0.2, 0) is 0 Å². The highest BCUT2D eigenvalue weighted by molar-refractivity contribution is 7.12. The number of likely N-dealkylation sites (N-methyl/N-ethyl adjacent to an activating group) is 1. The topological polar surface area (TPSA) is 61.8 Å². The van der Waals surface area contributed by atoms with Crippen molar-refractivity contribution in [2.75, 3.05) is 32.6 Å². The summed E-state index contributed by atoms with van der Waals surface area (Å²) in [6.07, 6.45) is -0.536. The maximum Gasteiger partial charge on any atom is 0.265 e. The van der Waals surface area contributed by atoms with E-state index in [4.69, 9.17) is 4.74 Å². The molecule has 0 saturated carbocycles. The van der Waals surface area contributed by atoms with Crippen LogP contribution >= 0.6 is 11.3 Å². The van der Waals surface area contributed by atoms with Crippen LogP contribution in [0.15, 0.2) is 35.7 Å². The molecule has 1 amide bonds. The Hall–Kier alpha value is -1.89. The summed E-state index contributed by atoms with van der Waals surface area (Å²) in [5, 5.41) is 14.5. The molecule has 1 atom stereocenters. The highest BCUT2D eigenvalue weighted by Gasteiger charge is 2.11. The molecule has 2 aromatic rings. The highest BCUT2D eigenvalue weighted by Crippen LogP contribution is 2.20. The third-order valence-electron chi connectivity index (χ3n) is 3.20. The van der Waals surface area contributed by atoms with Crippen LogP contribution in [-0.4, -0.2) is 49.3 Å². The summed E-state index contributed by atoms with van der Waals surface area (Å²) in [6.45, 7) is 2.70. The van der Waals surface area contributed by atoms with Crippen LogP contribution in [0.1, 0.15) is 15.2 Å². The van der Waals surface area contributed by atoms with Crippen LogP contribution in [0.3, 0.4) is 0 Å². The summed E-state index contributed by atoms with van der Waals surface area (Å²) in [7, 11) is 3.80. The van der Waals surface area contributed by atoms with E-state index in [2.05, 4.69) is 5.32 Å². The summed E-state index contributed by atoms with van der Waals surface area (Å²) in [5.41, 5.74) is 1.69. The predicted molar refractivity (Wildman–Crippen MR) is 93.5 cm³/mol. The van der Waals surface area contributed by atoms with Crippen molar-refractivity contribution in [2.45, 2.75) is 13.0 Å². The molecule has 23 heavy (non-hydrogen) atoms. The largest absolute Gasteiger partial charge is 0.491 e. The molecule has 6 heteroatoms. The minimum absolute atomic E-state index is 0.104. The number of hydrogen-bond acceptors (Lipinski definition) is 5. The average molecular weight is 334 g/mol. The normalized spacial score (nSPS) is 12.2. The first kappa shape index (κ1) is 17.5. The quantitative estimate of drug-likeness (QED) is 0.817. The van der Waals surface area contributed by atoms with E-state index in [9.17, 15) is 9.90 Å². The van der Waals surface area contributed by atoms with Crippen LogP contribution in [0.4, 0.5) is 5.69 Å². The SMILES string of the molecule is Cc1ccsc1C(=O)Nc1ccc(OCC(O)CN(C)C)cc1. The average Bonchev–Trinajstić information content (AvgIpc) is 2.92. The first-order valence-electron chi connectivity index (χ1n) is 7.37. The summed E-state index contributed by atoms with van der Waals surface area (Å²) in [4.78, 5) is 14.8. The van der Waals surface area contributed by atoms with Crippen molar-refractivity contribution >= 4 is 22.9 Å². The van der Waals surface area contributed by atoms with Crippen LogP contribution in [0.5, 0.6) is 5.75 Å². The maximum absolute atomic E-state index is 12.1. The molecule has 0 spiro atoms. The highest BCUT2D eigenvalue weighted by atomic mass is 32.1. The van der Waals surface area contributed by atoms with Gasteiger partial charge in [0.2, 0.25) is 0 Å². The molecule has 1 unspecified atom stereocenters. The molecule has 0 aliphatic rings. The maximum atomic E-state index is 12.1. The second kappa shape index (κ2) is 8.10. The first-order valence-corrected chi connectivity index (χ1v) is 8.25. The minimum Gasteiger partial charge on any atom is -0.491 e. The Balaban J connectivity index is 1.87. The number of carbonyl (C=O) groups is 1. The molecule has 124 valence electrons. The molecule has 1 aromatic heterocycles. The lowest BCUT2D eigenvalue weighted by molar-refractivity contribution is 0.0831. The van der Waals surface area contributed by atoms with Crippen LogP contribution in [0.2, 0.25) is 0 Å². The van der Waals surface area contributed by atoms with Crippen LogP contribution < -0.4 is 10.1 Å². The van der Waals surface area contributed by atoms with Crippen molar-refractivity contribution in [3.8, 4) is 5.75 Å². The number of benzene rings is 1. The number of nitrogens with one attached hydrogen (secondary N) is 1. The second-order valence-corrected chi connectivity index (χ2v) is 6.55. The fourth-order valence-corrected chi connectivity index (χ4v) is 2.91. The van der Waals surface area contributed by atoms with E-state index in [0.717, 1.165) is 10.4 Å². The molecule has 0 radical (unpaired) electrons. The monoisotopic (exact) mass is 334 g/mol. The molecule has 5 nitrogen and oxygen atoms in total. The lowest BCUT2D eigenvalue weighted by Crippen LogP contribution is -2.30. The van der Waals surface area contributed by atoms with Crippen molar-refractivity contribution in [2.24, 2.45) is 0 Å². The number of rotatable bonds is 7. The number of amides is 1. The Morgan fingerprint density at radius 1 is 1.30 bits per heavy atom. The number of hydrogen-bond donors (Lipinski definition) is 2. The smallest absolute Gasteiger partial charge is 0.265 e. The Bertz CT molecular complexity index is 638. The van der Waals surface area contributed by atoms with Crippen molar-refractivity contribution in [1.29, 1.82) is 0 Å². The summed E-state index contributed by atoms with van der Waals surface area (Å²) in [5.74, 6) is 0.556. The van der Waals surface area contributed by atoms with Gasteiger partial charge in [0, 0.05) is 12.2 Å². The van der Waals surface area contributed by atoms with Gasteiger partial charge in [-0.05, 0) is 62.3 Å². The lowest BCUT2D eigenvalue weighted by atomic mass is 10.2. The molecule has 0 bridgehead atoms. The first-order chi connectivity index (χ1) is 11.0. The van der Waals surface area contributed by atoms with Gasteiger partial charge < -0.3 is 20.1 Å². The molecule has 0 fully saturated rings. The second-order valence-electron chi connectivity index (χ2n) is 5.64. The number of anilines is 1. The van der Waals surface area contributed by atoms with Gasteiger partial charge in [-0.3, -0.25) is 4.79 Å². The Labute approximate surface area is 140 Å². The van der Waals surface area contributed by atoms with Gasteiger partial charge in [0.15, 0.2) is 0 Å². The molecule has 2 N–H and O–H groups in total. The van der Waals surface area contributed by atoms with E-state index >= 15 is 0 Å². The molecular weight excluding hydrogens is 312 g/mol. The summed E-state index contributed by atoms with van der Waals surface area (Å²) >= 11 is 1.43. The molecule has 2 rings (SSSR count). The van der Waals surface area contributed by atoms with Gasteiger partial charge in [-0.1, -0.05) is 0 Å². The zero-order chi connectivity index (χ0) is 16.8. The third-order valence-corrected chi connectivity index (χ3v) is 4.21. The third kappa shape index (κ3) is 5.35. The van der Waals surface area contributed by atoms with E-state index in [-0.39, 0.29) is 12.5 Å². The Kier molecular flexibility index (Phi) is 6.15. The number of aryl methyl sites for hydroxylation is 1. The van der Waals surface area contributed by atoms with Gasteiger partial charge in [-0.15, -0.1) is 11.3 Å². The molecular formula is C17H22N2O3S. The molecule has 0 saturated heterocycles. The number of aliphatic hydroxyl groups is 1. The summed E-state index contributed by atoms with van der Waals surface area (Å²) in [6, 6.07) is 9.05. The van der Waals surface area contributed by atoms with Gasteiger partial charge in [0.1, 0.15) is 18.5 Å². The zero-order valence-electron chi connectivity index (χ0n) is 13.6. The van der Waals surface area contributed by atoms with E-state index in [1.54, 1.807) is 24.3 Å². The van der Waals surface area contributed by atoms with Crippen molar-refractivity contribution in [1.82, 2.24) is 4.90 Å². The lowest BCUT2D eigenvalue weighted by Gasteiger charge is -2.16. The van der Waals surface area contributed by atoms with Gasteiger partial charge in [-0.25, -0.2) is 0 Å². The molecule has 1 heterocycles. The standard InChI is InChI=1S/C17H22N2O3S/c1-12-8-9-23-16(12)17(21)18-13-4-6-15(7-5-13)22-11-14(20)10-19(2)3/h4-9,14,20H,10-11H2,1-3H3,(H,18,21). The van der Waals surface area contributed by atoms with Crippen LogP contribution in [0.25, 0.3) is 0 Å². The molecule has 1 aromatic carbocycles. The fourth-order valence-electron chi connectivity index (χ4n) is 2.09. The van der Waals surface area contributed by atoms with Gasteiger partial charge in [-0.2, -0.15) is 0 Å². The number of thiophene rings is 1. The zero-order valence-corrected chi connectivity index (χ0v) is 14.4. The Morgan fingerprint density at radius 3 is 2.57 bits per heavy atom. The number of carbonyl (C=O) groups excluding carboxylic acids is 1. The van der Waals surface area contributed by atoms with E-state index in [1.807, 2.05) is 37.4 Å². The van der Waals surface area contributed by atoms with Crippen molar-refractivity contribution < 1.29 is 14.6 Å². The number of aliphatic hydroxyl groups excluding tert-OH is 1. The van der Waals surface area contributed by atoms with E-state index < -0.39 is 6.10 Å². The molecule has 0 aliphatic heterocycles. The van der Waals surface area contributed by atoms with Crippen molar-refractivity contribution in [3.63, 3.8) is 0 Å². The van der Waals surface area contributed by atoms with Gasteiger partial charge in [0.05, 0.1) is 4.88 Å². The minimum atomic E-state index is -0.536.